The van der Waals surface area contributed by atoms with Crippen molar-refractivity contribution in [2.75, 3.05) is 7.11 Å². The second-order valence-electron chi connectivity index (χ2n) is 3.72. The lowest BCUT2D eigenvalue weighted by molar-refractivity contribution is -0.140. The molecule has 0 fully saturated rings. The van der Waals surface area contributed by atoms with Gasteiger partial charge in [0.25, 0.3) is 0 Å². The molecule has 0 aliphatic heterocycles. The molecule has 2 aromatic rings. The zero-order valence-corrected chi connectivity index (χ0v) is 10.2. The molecule has 0 aliphatic rings. The van der Waals surface area contributed by atoms with Crippen LogP contribution in [-0.2, 0) is 12.4 Å². The molecule has 0 radical (unpaired) electrons. The smallest absolute Gasteiger partial charge is 0.406 e. The zero-order chi connectivity index (χ0) is 13.3. The molecule has 0 atom stereocenters. The van der Waals surface area contributed by atoms with E-state index in [1.165, 1.54) is 13.2 Å². The maximum atomic E-state index is 12.5. The molecule has 0 saturated carbocycles. The maximum Gasteiger partial charge on any atom is 0.406 e. The largest absolute Gasteiger partial charge is 0.497 e. The summed E-state index contributed by atoms with van der Waals surface area (Å²) >= 11 is 5.62. The summed E-state index contributed by atoms with van der Waals surface area (Å²) in [6, 6.07) is 4.77. The predicted molar refractivity (Wildman–Crippen MR) is 61.9 cm³/mol. The van der Waals surface area contributed by atoms with E-state index in [1.807, 2.05) is 0 Å². The van der Waals surface area contributed by atoms with Gasteiger partial charge in [-0.05, 0) is 12.1 Å². The number of hydrogen-bond acceptors (Lipinski definition) is 2. The highest BCUT2D eigenvalue weighted by molar-refractivity contribution is 6.16. The number of methoxy groups -OCH3 is 1. The van der Waals surface area contributed by atoms with Crippen molar-refractivity contribution in [3.63, 3.8) is 0 Å². The highest BCUT2D eigenvalue weighted by Gasteiger charge is 2.30. The number of halogens is 4. The van der Waals surface area contributed by atoms with E-state index in [-0.39, 0.29) is 11.7 Å². The number of alkyl halides is 4. The standard InChI is InChI=1S/C11H10ClF3N2O/c1-18-7-2-3-8-9(4-7)17(6-11(13,14)15)10(5-12)16-8/h2-4H,5-6H2,1H3. The molecule has 1 aromatic carbocycles. The summed E-state index contributed by atoms with van der Waals surface area (Å²) in [5.74, 6) is 0.594. The van der Waals surface area contributed by atoms with E-state index < -0.39 is 12.7 Å². The summed E-state index contributed by atoms with van der Waals surface area (Å²) < 4.78 is 43.6. The minimum Gasteiger partial charge on any atom is -0.497 e. The van der Waals surface area contributed by atoms with Crippen molar-refractivity contribution in [1.29, 1.82) is 0 Å². The minimum absolute atomic E-state index is 0.0763. The average Bonchev–Trinajstić information content (AvgIpc) is 2.64. The first-order valence-electron chi connectivity index (χ1n) is 5.10. The van der Waals surface area contributed by atoms with Crippen molar-refractivity contribution < 1.29 is 17.9 Å². The molecule has 3 nitrogen and oxygen atoms in total. The molecule has 0 spiro atoms. The van der Waals surface area contributed by atoms with Crippen LogP contribution in [-0.4, -0.2) is 22.8 Å². The number of benzene rings is 1. The highest BCUT2D eigenvalue weighted by Crippen LogP contribution is 2.26. The van der Waals surface area contributed by atoms with Gasteiger partial charge in [-0.3, -0.25) is 0 Å². The number of rotatable bonds is 3. The number of imidazole rings is 1. The molecule has 0 unspecified atom stereocenters. The lowest BCUT2D eigenvalue weighted by atomic mass is 10.3. The second-order valence-corrected chi connectivity index (χ2v) is 3.98. The van der Waals surface area contributed by atoms with Gasteiger partial charge in [-0.25, -0.2) is 4.98 Å². The monoisotopic (exact) mass is 278 g/mol. The van der Waals surface area contributed by atoms with E-state index in [0.29, 0.717) is 16.8 Å². The van der Waals surface area contributed by atoms with Crippen LogP contribution in [0.4, 0.5) is 13.2 Å². The third kappa shape index (κ3) is 2.53. The average molecular weight is 279 g/mol. The molecular weight excluding hydrogens is 269 g/mol. The van der Waals surface area contributed by atoms with E-state index in [4.69, 9.17) is 16.3 Å². The van der Waals surface area contributed by atoms with Gasteiger partial charge in [0, 0.05) is 6.07 Å². The van der Waals surface area contributed by atoms with Crippen LogP contribution in [0, 0.1) is 0 Å². The maximum absolute atomic E-state index is 12.5. The van der Waals surface area contributed by atoms with Gasteiger partial charge in [-0.1, -0.05) is 0 Å². The summed E-state index contributed by atoms with van der Waals surface area (Å²) in [7, 11) is 1.45. The van der Waals surface area contributed by atoms with Crippen molar-refractivity contribution in [3.8, 4) is 5.75 Å². The van der Waals surface area contributed by atoms with Crippen LogP contribution in [0.2, 0.25) is 0 Å². The Morgan fingerprint density at radius 2 is 2.11 bits per heavy atom. The fraction of sp³-hybridized carbons (Fsp3) is 0.364. The van der Waals surface area contributed by atoms with Gasteiger partial charge in [-0.15, -0.1) is 11.6 Å². The summed E-state index contributed by atoms with van der Waals surface area (Å²) in [5.41, 5.74) is 0.832. The Bertz CT molecular complexity index is 565. The van der Waals surface area contributed by atoms with Crippen molar-refractivity contribution in [2.24, 2.45) is 0 Å². The highest BCUT2D eigenvalue weighted by atomic mass is 35.5. The predicted octanol–water partition coefficient (Wildman–Crippen LogP) is 3.35. The molecule has 0 aliphatic carbocycles. The van der Waals surface area contributed by atoms with Crippen LogP contribution >= 0.6 is 11.6 Å². The van der Waals surface area contributed by atoms with Gasteiger partial charge in [0.1, 0.15) is 18.1 Å². The van der Waals surface area contributed by atoms with Gasteiger partial charge in [0.2, 0.25) is 0 Å². The Hall–Kier alpha value is -1.43. The van der Waals surface area contributed by atoms with Crippen molar-refractivity contribution >= 4 is 22.6 Å². The van der Waals surface area contributed by atoms with Gasteiger partial charge in [-0.2, -0.15) is 13.2 Å². The topological polar surface area (TPSA) is 27.1 Å². The zero-order valence-electron chi connectivity index (χ0n) is 9.46. The Morgan fingerprint density at radius 3 is 2.67 bits per heavy atom. The normalized spacial score (nSPS) is 12.1. The van der Waals surface area contributed by atoms with Gasteiger partial charge in [0.05, 0.1) is 24.0 Å². The van der Waals surface area contributed by atoms with Crippen molar-refractivity contribution in [2.45, 2.75) is 18.6 Å². The molecule has 0 amide bonds. The number of hydrogen-bond donors (Lipinski definition) is 0. The second kappa shape index (κ2) is 4.68. The molecule has 1 heterocycles. The first kappa shape index (κ1) is 13.0. The van der Waals surface area contributed by atoms with Crippen molar-refractivity contribution in [1.82, 2.24) is 9.55 Å². The molecular formula is C11H10ClF3N2O. The summed E-state index contributed by atoms with van der Waals surface area (Å²) in [4.78, 5) is 4.07. The Kier molecular flexibility index (Phi) is 3.38. The van der Waals surface area contributed by atoms with Crippen LogP contribution in [0.15, 0.2) is 18.2 Å². The van der Waals surface area contributed by atoms with Crippen LogP contribution in [0.3, 0.4) is 0 Å². The molecule has 1 aromatic heterocycles. The molecule has 18 heavy (non-hydrogen) atoms. The van der Waals surface area contributed by atoms with Crippen LogP contribution in [0.1, 0.15) is 5.82 Å². The SMILES string of the molecule is COc1ccc2nc(CCl)n(CC(F)(F)F)c2c1. The van der Waals surface area contributed by atoms with Gasteiger partial charge >= 0.3 is 6.18 Å². The van der Waals surface area contributed by atoms with E-state index in [2.05, 4.69) is 4.98 Å². The Labute approximate surface area is 106 Å². The third-order valence-corrected chi connectivity index (χ3v) is 2.73. The van der Waals surface area contributed by atoms with Crippen LogP contribution in [0.25, 0.3) is 11.0 Å². The quantitative estimate of drug-likeness (QED) is 0.805. The summed E-state index contributed by atoms with van der Waals surface area (Å²) in [6.45, 7) is -1.11. The van der Waals surface area contributed by atoms with Crippen molar-refractivity contribution in [3.05, 3.63) is 24.0 Å². The number of fused-ring (bicyclic) bond motifs is 1. The molecule has 98 valence electrons. The first-order chi connectivity index (χ1) is 8.44. The molecule has 0 N–H and O–H groups in total. The first-order valence-corrected chi connectivity index (χ1v) is 5.64. The van der Waals surface area contributed by atoms with Crippen LogP contribution < -0.4 is 4.74 Å². The molecule has 7 heteroatoms. The van der Waals surface area contributed by atoms with Crippen LogP contribution in [0.5, 0.6) is 5.75 Å². The lowest BCUT2D eigenvalue weighted by Gasteiger charge is -2.11. The molecule has 0 saturated heterocycles. The number of aromatic nitrogens is 2. The third-order valence-electron chi connectivity index (χ3n) is 2.49. The number of ether oxygens (including phenoxy) is 1. The van der Waals surface area contributed by atoms with E-state index in [1.54, 1.807) is 12.1 Å². The molecule has 2 rings (SSSR count). The minimum atomic E-state index is -4.32. The van der Waals surface area contributed by atoms with Gasteiger partial charge in [0.15, 0.2) is 0 Å². The Balaban J connectivity index is 2.59. The Morgan fingerprint density at radius 1 is 1.39 bits per heavy atom. The van der Waals surface area contributed by atoms with E-state index >= 15 is 0 Å². The van der Waals surface area contributed by atoms with E-state index in [9.17, 15) is 13.2 Å². The van der Waals surface area contributed by atoms with E-state index in [0.717, 1.165) is 4.57 Å². The van der Waals surface area contributed by atoms with Gasteiger partial charge < -0.3 is 9.30 Å². The summed E-state index contributed by atoms with van der Waals surface area (Å²) in [6.07, 6.45) is -4.32. The lowest BCUT2D eigenvalue weighted by Crippen LogP contribution is -2.19. The number of nitrogens with zero attached hydrogens (tertiary/aromatic N) is 2. The fourth-order valence-corrected chi connectivity index (χ4v) is 1.94. The summed E-state index contributed by atoms with van der Waals surface area (Å²) in [5, 5.41) is 0. The fourth-order valence-electron chi connectivity index (χ4n) is 1.74. The molecule has 0 bridgehead atoms.